The van der Waals surface area contributed by atoms with Gasteiger partial charge in [0.1, 0.15) is 0 Å². The molecule has 100 valence electrons. The zero-order valence-electron chi connectivity index (χ0n) is 10.8. The van der Waals surface area contributed by atoms with Gasteiger partial charge in [-0.25, -0.2) is 0 Å². The Hall–Kier alpha value is 1.12. The van der Waals surface area contributed by atoms with Crippen molar-refractivity contribution in [3.8, 4) is 0 Å². The van der Waals surface area contributed by atoms with Crippen molar-refractivity contribution in [1.82, 2.24) is 0 Å². The summed E-state index contributed by atoms with van der Waals surface area (Å²) in [4.78, 5) is 0. The molecule has 0 unspecified atom stereocenters. The molecule has 0 aromatic heterocycles. The summed E-state index contributed by atoms with van der Waals surface area (Å²) in [5, 5.41) is 0. The Morgan fingerprint density at radius 3 is 1.74 bits per heavy atom. The monoisotopic (exact) mass is 512 g/mol. The van der Waals surface area contributed by atoms with Crippen molar-refractivity contribution < 1.29 is 0 Å². The van der Waals surface area contributed by atoms with Crippen LogP contribution in [0.4, 0.5) is 0 Å². The molecule has 2 atom stereocenters. The van der Waals surface area contributed by atoms with Crippen LogP contribution < -0.4 is 0 Å². The predicted octanol–water partition coefficient (Wildman–Crippen LogP) is 6.34. The molecule has 19 heavy (non-hydrogen) atoms. The predicted molar refractivity (Wildman–Crippen MR) is 104 cm³/mol. The molecule has 2 aliphatic heterocycles. The zero-order chi connectivity index (χ0) is 13.4. The number of rotatable bonds is 0. The van der Waals surface area contributed by atoms with E-state index in [1.807, 2.05) is 0 Å². The third kappa shape index (κ3) is 1.66. The summed E-state index contributed by atoms with van der Waals surface area (Å²) in [5.41, 5.74) is 6.62. The van der Waals surface area contributed by atoms with Gasteiger partial charge in [-0.2, -0.15) is 0 Å². The van der Waals surface area contributed by atoms with Gasteiger partial charge in [-0.3, -0.25) is 0 Å². The zero-order valence-corrected chi connectivity index (χ0v) is 16.8. The van der Waals surface area contributed by atoms with Crippen LogP contribution in [0.2, 0.25) is 0 Å². The number of hydrogen-bond acceptors (Lipinski definition) is 2. The van der Waals surface area contributed by atoms with E-state index in [1.54, 1.807) is 22.3 Å². The maximum Gasteiger partial charge on any atom is 0.0623 e. The lowest BCUT2D eigenvalue weighted by atomic mass is 9.72. The molecule has 0 aromatic carbocycles. The Labute approximate surface area is 150 Å². The molecule has 0 bridgehead atoms. The van der Waals surface area contributed by atoms with Crippen LogP contribution in [0.15, 0.2) is 40.3 Å². The first kappa shape index (κ1) is 13.8. The molecule has 0 saturated heterocycles. The minimum Gasteiger partial charge on any atom is -0.106 e. The first-order chi connectivity index (χ1) is 8.96. The molecule has 2 heterocycles. The average molecular weight is 512 g/mol. The summed E-state index contributed by atoms with van der Waals surface area (Å²) in [7, 11) is 0. The van der Waals surface area contributed by atoms with E-state index < -0.39 is 0 Å². The number of halogens is 2. The Morgan fingerprint density at radius 2 is 1.32 bits per heavy atom. The van der Waals surface area contributed by atoms with Crippen LogP contribution in [0.25, 0.3) is 0 Å². The van der Waals surface area contributed by atoms with E-state index in [0.717, 1.165) is 0 Å². The average Bonchev–Trinajstić information content (AvgIpc) is 2.95. The van der Waals surface area contributed by atoms with E-state index in [0.29, 0.717) is 0 Å². The highest BCUT2D eigenvalue weighted by molar-refractivity contribution is 14.1. The molecule has 0 N–H and O–H groups in total. The van der Waals surface area contributed by atoms with Gasteiger partial charge in [-0.15, -0.1) is 23.5 Å². The summed E-state index contributed by atoms with van der Waals surface area (Å²) >= 11 is 9.17. The highest BCUT2D eigenvalue weighted by Crippen LogP contribution is 2.69. The van der Waals surface area contributed by atoms with Crippen LogP contribution in [0.1, 0.15) is 33.1 Å². The van der Waals surface area contributed by atoms with Crippen molar-refractivity contribution in [3.63, 3.8) is 0 Å². The molecule has 4 heteroatoms. The summed E-state index contributed by atoms with van der Waals surface area (Å²) < 4.78 is 3.35. The largest absolute Gasteiger partial charge is 0.106 e. The van der Waals surface area contributed by atoms with Crippen LogP contribution in [-0.2, 0) is 0 Å². The lowest BCUT2D eigenvalue weighted by molar-refractivity contribution is 0.607. The molecule has 4 rings (SSSR count). The maximum absolute atomic E-state index is 2.51. The smallest absolute Gasteiger partial charge is 0.0623 e. The van der Waals surface area contributed by atoms with Crippen molar-refractivity contribution in [2.24, 2.45) is 0 Å². The van der Waals surface area contributed by atoms with Gasteiger partial charge in [0, 0.05) is 5.82 Å². The Bertz CT molecular complexity index is 572. The SMILES string of the molecule is C[C@@]12SC(I)=CC1=C1CCCC1=C1C=C(I)S[C@]12C. The van der Waals surface area contributed by atoms with E-state index in [2.05, 4.69) is 94.7 Å². The number of hydrogen-bond donors (Lipinski definition) is 0. The standard InChI is InChI=1S/C15H14I2S2/c1-14-10(6-12(16)18-14)8-4-3-5-9(8)11-7-13(17)19-15(11,14)2/h6-7H,3-5H2,1-2H3/t14-,15-/m1/s1. The van der Waals surface area contributed by atoms with Crippen molar-refractivity contribution >= 4 is 68.7 Å². The van der Waals surface area contributed by atoms with Crippen LogP contribution in [0.3, 0.4) is 0 Å². The Balaban J connectivity index is 2.04. The van der Waals surface area contributed by atoms with Gasteiger partial charge >= 0.3 is 0 Å². The summed E-state index contributed by atoms with van der Waals surface area (Å²) in [5.74, 6) is 0. The highest BCUT2D eigenvalue weighted by Gasteiger charge is 2.58. The van der Waals surface area contributed by atoms with Gasteiger partial charge < -0.3 is 0 Å². The van der Waals surface area contributed by atoms with E-state index in [9.17, 15) is 0 Å². The van der Waals surface area contributed by atoms with Crippen molar-refractivity contribution in [2.75, 3.05) is 0 Å². The summed E-state index contributed by atoms with van der Waals surface area (Å²) in [6.07, 6.45) is 8.83. The van der Waals surface area contributed by atoms with Gasteiger partial charge in [-0.1, -0.05) is 0 Å². The lowest BCUT2D eigenvalue weighted by Gasteiger charge is -2.46. The third-order valence-corrected chi connectivity index (χ3v) is 9.70. The van der Waals surface area contributed by atoms with E-state index in [-0.39, 0.29) is 9.49 Å². The van der Waals surface area contributed by atoms with Crippen LogP contribution in [-0.4, -0.2) is 9.49 Å². The van der Waals surface area contributed by atoms with Crippen LogP contribution >= 0.6 is 68.7 Å². The van der Waals surface area contributed by atoms with Gasteiger partial charge in [0.25, 0.3) is 0 Å². The minimum absolute atomic E-state index is 0.218. The van der Waals surface area contributed by atoms with Gasteiger partial charge in [0.15, 0.2) is 0 Å². The molecular weight excluding hydrogens is 498 g/mol. The Morgan fingerprint density at radius 1 is 0.895 bits per heavy atom. The third-order valence-electron chi connectivity index (χ3n) is 4.93. The minimum atomic E-state index is 0.218. The van der Waals surface area contributed by atoms with Crippen molar-refractivity contribution in [2.45, 2.75) is 42.6 Å². The fourth-order valence-corrected chi connectivity index (χ4v) is 9.70. The number of allylic oxidation sites excluding steroid dienone is 4. The second kappa shape index (κ2) is 4.32. The van der Waals surface area contributed by atoms with E-state index in [1.165, 1.54) is 25.1 Å². The summed E-state index contributed by atoms with van der Waals surface area (Å²) in [6.45, 7) is 4.93. The molecule has 0 radical (unpaired) electrons. The summed E-state index contributed by atoms with van der Waals surface area (Å²) in [6, 6.07) is 0. The van der Waals surface area contributed by atoms with Crippen LogP contribution in [0, 0.1) is 0 Å². The van der Waals surface area contributed by atoms with Gasteiger partial charge in [0.2, 0.25) is 0 Å². The topological polar surface area (TPSA) is 0 Å². The fourth-order valence-electron chi connectivity index (χ4n) is 3.86. The van der Waals surface area contributed by atoms with E-state index in [4.69, 9.17) is 0 Å². The lowest BCUT2D eigenvalue weighted by Crippen LogP contribution is -2.47. The normalized spacial score (nSPS) is 40.2. The molecule has 0 amide bonds. The maximum atomic E-state index is 2.51. The first-order valence-corrected chi connectivity index (χ1v) is 10.3. The molecule has 1 fully saturated rings. The number of fused-ring (bicyclic) bond motifs is 4. The quantitative estimate of drug-likeness (QED) is 0.348. The highest BCUT2D eigenvalue weighted by atomic mass is 127. The van der Waals surface area contributed by atoms with E-state index >= 15 is 0 Å². The van der Waals surface area contributed by atoms with Gasteiger partial charge in [0.05, 0.1) is 9.49 Å². The molecule has 4 aliphatic rings. The van der Waals surface area contributed by atoms with Crippen molar-refractivity contribution in [1.29, 1.82) is 0 Å². The molecule has 1 saturated carbocycles. The molecule has 0 aromatic rings. The van der Waals surface area contributed by atoms with Crippen molar-refractivity contribution in [3.05, 3.63) is 40.3 Å². The number of thioether (sulfide) groups is 2. The fraction of sp³-hybridized carbons (Fsp3) is 0.467. The molecule has 2 aliphatic carbocycles. The second-order valence-electron chi connectivity index (χ2n) is 5.81. The van der Waals surface area contributed by atoms with Crippen LogP contribution in [0.5, 0.6) is 0 Å². The second-order valence-corrected chi connectivity index (χ2v) is 12.5. The molecule has 0 spiro atoms. The molecule has 0 nitrogen and oxygen atoms in total. The van der Waals surface area contributed by atoms with Gasteiger partial charge in [-0.05, 0) is 113 Å². The molecular formula is C15H14I2S2. The first-order valence-electron chi connectivity index (χ1n) is 6.56. The Kier molecular flexibility index (Phi) is 3.13.